The number of hydrogen-bond donors (Lipinski definition) is 1. The van der Waals surface area contributed by atoms with Crippen molar-refractivity contribution in [3.63, 3.8) is 0 Å². The lowest BCUT2D eigenvalue weighted by Crippen LogP contribution is -2.20. The highest BCUT2D eigenvalue weighted by Crippen LogP contribution is 2.23. The van der Waals surface area contributed by atoms with Gasteiger partial charge in [0.25, 0.3) is 0 Å². The predicted molar refractivity (Wildman–Crippen MR) is 48.4 cm³/mol. The van der Waals surface area contributed by atoms with Gasteiger partial charge in [-0.25, -0.2) is 0 Å². The van der Waals surface area contributed by atoms with Gasteiger partial charge in [0.2, 0.25) is 0 Å². The molecule has 0 saturated heterocycles. The van der Waals surface area contributed by atoms with Crippen LogP contribution in [0.15, 0.2) is 12.3 Å². The van der Waals surface area contributed by atoms with Crippen molar-refractivity contribution < 1.29 is 9.90 Å². The predicted octanol–water partition coefficient (Wildman–Crippen LogP) is 1.24. The van der Waals surface area contributed by atoms with Gasteiger partial charge in [0.05, 0.1) is 5.69 Å². The SMILES string of the molecule is CC(C)C(C(=O)O)c1ccnn1C. The zero-order valence-electron chi connectivity index (χ0n) is 8.06. The van der Waals surface area contributed by atoms with Gasteiger partial charge in [-0.05, 0) is 12.0 Å². The summed E-state index contributed by atoms with van der Waals surface area (Å²) in [5.41, 5.74) is 0.752. The minimum atomic E-state index is -0.793. The molecule has 0 spiro atoms. The lowest BCUT2D eigenvalue weighted by atomic mass is 9.93. The van der Waals surface area contributed by atoms with Gasteiger partial charge in [0, 0.05) is 13.2 Å². The molecule has 0 aliphatic heterocycles. The second kappa shape index (κ2) is 3.60. The van der Waals surface area contributed by atoms with Crippen LogP contribution in [-0.4, -0.2) is 20.9 Å². The summed E-state index contributed by atoms with van der Waals surface area (Å²) in [7, 11) is 1.76. The summed E-state index contributed by atoms with van der Waals surface area (Å²) in [6.07, 6.45) is 1.62. The number of rotatable bonds is 3. The van der Waals surface area contributed by atoms with E-state index in [2.05, 4.69) is 5.10 Å². The highest BCUT2D eigenvalue weighted by atomic mass is 16.4. The molecule has 0 aliphatic carbocycles. The Kier molecular flexibility index (Phi) is 2.70. The van der Waals surface area contributed by atoms with Gasteiger partial charge >= 0.3 is 5.97 Å². The average Bonchev–Trinajstić information content (AvgIpc) is 2.35. The van der Waals surface area contributed by atoms with E-state index in [4.69, 9.17) is 5.11 Å². The van der Waals surface area contributed by atoms with Crippen molar-refractivity contribution >= 4 is 5.97 Å². The molecule has 1 heterocycles. The van der Waals surface area contributed by atoms with E-state index in [0.717, 1.165) is 5.69 Å². The van der Waals surface area contributed by atoms with Crippen molar-refractivity contribution in [1.82, 2.24) is 9.78 Å². The molecular formula is C9H14N2O2. The van der Waals surface area contributed by atoms with Crippen molar-refractivity contribution in [1.29, 1.82) is 0 Å². The molecule has 4 nitrogen and oxygen atoms in total. The second-order valence-electron chi connectivity index (χ2n) is 3.44. The molecule has 4 heteroatoms. The molecule has 1 unspecified atom stereocenters. The Bertz CT molecular complexity index is 304. The summed E-state index contributed by atoms with van der Waals surface area (Å²) in [4.78, 5) is 11.0. The summed E-state index contributed by atoms with van der Waals surface area (Å²) in [6.45, 7) is 3.79. The number of aliphatic carboxylic acids is 1. The van der Waals surface area contributed by atoms with E-state index in [1.165, 1.54) is 0 Å². The topological polar surface area (TPSA) is 55.1 Å². The Morgan fingerprint density at radius 1 is 1.62 bits per heavy atom. The Balaban J connectivity index is 3.02. The third-order valence-electron chi connectivity index (χ3n) is 2.11. The van der Waals surface area contributed by atoms with E-state index in [1.807, 2.05) is 13.8 Å². The van der Waals surface area contributed by atoms with Gasteiger partial charge in [0.1, 0.15) is 5.92 Å². The highest BCUT2D eigenvalue weighted by Gasteiger charge is 2.25. The summed E-state index contributed by atoms with van der Waals surface area (Å²) >= 11 is 0. The first-order chi connectivity index (χ1) is 6.04. The van der Waals surface area contributed by atoms with E-state index in [9.17, 15) is 4.79 Å². The molecule has 0 amide bonds. The second-order valence-corrected chi connectivity index (χ2v) is 3.44. The molecule has 0 radical (unpaired) electrons. The zero-order chi connectivity index (χ0) is 10.0. The molecule has 0 fully saturated rings. The van der Waals surface area contributed by atoms with Gasteiger partial charge in [-0.15, -0.1) is 0 Å². The molecule has 1 aromatic heterocycles. The minimum absolute atomic E-state index is 0.0768. The fourth-order valence-corrected chi connectivity index (χ4v) is 1.44. The lowest BCUT2D eigenvalue weighted by Gasteiger charge is -2.15. The first-order valence-electron chi connectivity index (χ1n) is 4.24. The Labute approximate surface area is 77.2 Å². The summed E-state index contributed by atoms with van der Waals surface area (Å²) < 4.78 is 1.61. The smallest absolute Gasteiger partial charge is 0.312 e. The van der Waals surface area contributed by atoms with Crippen LogP contribution in [0.4, 0.5) is 0 Å². The van der Waals surface area contributed by atoms with Crippen LogP contribution in [0.1, 0.15) is 25.5 Å². The lowest BCUT2D eigenvalue weighted by molar-refractivity contribution is -0.140. The molecule has 13 heavy (non-hydrogen) atoms. The number of carboxylic acid groups (broad SMARTS) is 1. The van der Waals surface area contributed by atoms with Crippen LogP contribution in [0.2, 0.25) is 0 Å². The van der Waals surface area contributed by atoms with Crippen LogP contribution in [-0.2, 0) is 11.8 Å². The molecule has 0 bridgehead atoms. The summed E-state index contributed by atoms with van der Waals surface area (Å²) in [6, 6.07) is 1.75. The molecule has 1 aromatic rings. The maximum absolute atomic E-state index is 11.0. The number of nitrogens with zero attached hydrogens (tertiary/aromatic N) is 2. The maximum atomic E-state index is 11.0. The summed E-state index contributed by atoms with van der Waals surface area (Å²) in [5.74, 6) is -1.18. The standard InChI is InChI=1S/C9H14N2O2/c1-6(2)8(9(12)13)7-4-5-10-11(7)3/h4-6,8H,1-3H3,(H,12,13). The normalized spacial score (nSPS) is 13.2. The third-order valence-corrected chi connectivity index (χ3v) is 2.11. The van der Waals surface area contributed by atoms with Gasteiger partial charge in [-0.1, -0.05) is 13.8 Å². The van der Waals surface area contributed by atoms with Crippen LogP contribution in [0.3, 0.4) is 0 Å². The molecule has 0 aliphatic rings. The van der Waals surface area contributed by atoms with Crippen molar-refractivity contribution in [2.45, 2.75) is 19.8 Å². The van der Waals surface area contributed by atoms with Crippen molar-refractivity contribution in [2.24, 2.45) is 13.0 Å². The Hall–Kier alpha value is -1.32. The van der Waals surface area contributed by atoms with Gasteiger partial charge < -0.3 is 5.11 Å². The molecule has 72 valence electrons. The fraction of sp³-hybridized carbons (Fsp3) is 0.556. The largest absolute Gasteiger partial charge is 0.481 e. The highest BCUT2D eigenvalue weighted by molar-refractivity contribution is 5.75. The molecule has 1 N–H and O–H groups in total. The van der Waals surface area contributed by atoms with Gasteiger partial charge in [-0.3, -0.25) is 9.48 Å². The molecule has 0 saturated carbocycles. The number of aromatic nitrogens is 2. The van der Waals surface area contributed by atoms with Crippen molar-refractivity contribution in [3.8, 4) is 0 Å². The first kappa shape index (κ1) is 9.77. The first-order valence-corrected chi connectivity index (χ1v) is 4.24. The quantitative estimate of drug-likeness (QED) is 0.765. The van der Waals surface area contributed by atoms with E-state index < -0.39 is 11.9 Å². The maximum Gasteiger partial charge on any atom is 0.312 e. The number of aryl methyl sites for hydroxylation is 1. The van der Waals surface area contributed by atoms with Crippen molar-refractivity contribution in [3.05, 3.63) is 18.0 Å². The van der Waals surface area contributed by atoms with Crippen LogP contribution >= 0.6 is 0 Å². The van der Waals surface area contributed by atoms with E-state index >= 15 is 0 Å². The number of carbonyl (C=O) groups is 1. The molecule has 1 rings (SSSR count). The van der Waals surface area contributed by atoms with Crippen LogP contribution in [0.25, 0.3) is 0 Å². The minimum Gasteiger partial charge on any atom is -0.481 e. The molecule has 0 aromatic carbocycles. The number of hydrogen-bond acceptors (Lipinski definition) is 2. The van der Waals surface area contributed by atoms with E-state index in [1.54, 1.807) is 24.0 Å². The van der Waals surface area contributed by atoms with Crippen LogP contribution in [0.5, 0.6) is 0 Å². The number of carboxylic acids is 1. The molecule has 1 atom stereocenters. The fourth-order valence-electron chi connectivity index (χ4n) is 1.44. The van der Waals surface area contributed by atoms with Crippen molar-refractivity contribution in [2.75, 3.05) is 0 Å². The van der Waals surface area contributed by atoms with Crippen LogP contribution < -0.4 is 0 Å². The van der Waals surface area contributed by atoms with Gasteiger partial charge in [0.15, 0.2) is 0 Å². The van der Waals surface area contributed by atoms with Crippen LogP contribution in [0, 0.1) is 5.92 Å². The van der Waals surface area contributed by atoms with E-state index in [-0.39, 0.29) is 5.92 Å². The van der Waals surface area contributed by atoms with Gasteiger partial charge in [-0.2, -0.15) is 5.10 Å². The Morgan fingerprint density at radius 3 is 2.54 bits per heavy atom. The third kappa shape index (κ3) is 1.88. The average molecular weight is 182 g/mol. The Morgan fingerprint density at radius 2 is 2.23 bits per heavy atom. The zero-order valence-corrected chi connectivity index (χ0v) is 8.06. The summed E-state index contributed by atoms with van der Waals surface area (Å²) in [5, 5.41) is 13.0. The molecular weight excluding hydrogens is 168 g/mol. The monoisotopic (exact) mass is 182 g/mol. The van der Waals surface area contributed by atoms with E-state index in [0.29, 0.717) is 0 Å².